The number of carbonyl (C=O) groups is 1. The zero-order chi connectivity index (χ0) is 13.1. The highest BCUT2D eigenvalue weighted by molar-refractivity contribution is 5.90. The fraction of sp³-hybridized carbons (Fsp3) is 0.500. The predicted octanol–water partition coefficient (Wildman–Crippen LogP) is 3.14. The third kappa shape index (κ3) is 3.00. The van der Waals surface area contributed by atoms with Crippen molar-refractivity contribution in [3.8, 4) is 0 Å². The molecule has 2 atom stereocenters. The van der Waals surface area contributed by atoms with Crippen LogP contribution in [0.25, 0.3) is 0 Å². The monoisotopic (exact) mass is 251 g/mol. The summed E-state index contributed by atoms with van der Waals surface area (Å²) >= 11 is 0. The van der Waals surface area contributed by atoms with Crippen molar-refractivity contribution in [3.05, 3.63) is 29.6 Å². The zero-order valence-corrected chi connectivity index (χ0v) is 10.5. The van der Waals surface area contributed by atoms with Gasteiger partial charge in [-0.05, 0) is 43.4 Å². The maximum Gasteiger partial charge on any atom is 0.338 e. The van der Waals surface area contributed by atoms with Gasteiger partial charge in [0.1, 0.15) is 11.9 Å². The van der Waals surface area contributed by atoms with Gasteiger partial charge in [-0.3, -0.25) is 0 Å². The molecule has 0 heterocycles. The Kier molecular flexibility index (Phi) is 3.84. The van der Waals surface area contributed by atoms with Crippen molar-refractivity contribution in [2.45, 2.75) is 38.7 Å². The normalized spacial score (nSPS) is 23.7. The Morgan fingerprint density at radius 1 is 1.33 bits per heavy atom. The molecule has 98 valence electrons. The van der Waals surface area contributed by atoms with Crippen LogP contribution in [-0.2, 0) is 4.74 Å². The van der Waals surface area contributed by atoms with Gasteiger partial charge in [0.05, 0.1) is 5.56 Å². The first-order valence-electron chi connectivity index (χ1n) is 6.33. The van der Waals surface area contributed by atoms with Gasteiger partial charge in [0.2, 0.25) is 0 Å². The van der Waals surface area contributed by atoms with E-state index in [2.05, 4.69) is 6.92 Å². The summed E-state index contributed by atoms with van der Waals surface area (Å²) in [6.07, 6.45) is 4.16. The zero-order valence-electron chi connectivity index (χ0n) is 10.5. The molecule has 1 saturated carbocycles. The summed E-state index contributed by atoms with van der Waals surface area (Å²) in [4.78, 5) is 11.9. The number of carbonyl (C=O) groups excluding carboxylic acids is 1. The Labute approximate surface area is 106 Å². The summed E-state index contributed by atoms with van der Waals surface area (Å²) in [5.74, 6) is -0.632. The third-order valence-corrected chi connectivity index (χ3v) is 3.45. The molecule has 0 bridgehead atoms. The van der Waals surface area contributed by atoms with Gasteiger partial charge < -0.3 is 10.5 Å². The molecule has 2 rings (SSSR count). The average molecular weight is 251 g/mol. The quantitative estimate of drug-likeness (QED) is 0.649. The van der Waals surface area contributed by atoms with E-state index in [1.54, 1.807) is 0 Å². The van der Waals surface area contributed by atoms with Gasteiger partial charge in [-0.1, -0.05) is 13.3 Å². The fourth-order valence-corrected chi connectivity index (χ4v) is 2.39. The molecule has 0 spiro atoms. The summed E-state index contributed by atoms with van der Waals surface area (Å²) in [7, 11) is 0. The summed E-state index contributed by atoms with van der Waals surface area (Å²) in [6, 6.07) is 3.78. The van der Waals surface area contributed by atoms with Gasteiger partial charge >= 0.3 is 5.97 Å². The topological polar surface area (TPSA) is 52.3 Å². The molecule has 2 unspecified atom stereocenters. The van der Waals surface area contributed by atoms with Gasteiger partial charge in [0.15, 0.2) is 0 Å². The lowest BCUT2D eigenvalue weighted by Crippen LogP contribution is -2.28. The second kappa shape index (κ2) is 5.38. The van der Waals surface area contributed by atoms with Crippen LogP contribution in [0.4, 0.5) is 10.1 Å². The lowest BCUT2D eigenvalue weighted by molar-refractivity contribution is 0.00477. The molecule has 0 aliphatic heterocycles. The second-order valence-corrected chi connectivity index (χ2v) is 4.98. The Bertz CT molecular complexity index is 427. The van der Waals surface area contributed by atoms with Gasteiger partial charge in [-0.2, -0.15) is 0 Å². The number of nitrogens with two attached hydrogens (primary N) is 1. The SMILES string of the molecule is CC1CCCCC1OC(=O)c1cc(N)cc(F)c1. The summed E-state index contributed by atoms with van der Waals surface area (Å²) in [5, 5.41) is 0. The number of benzene rings is 1. The minimum atomic E-state index is -0.515. The largest absolute Gasteiger partial charge is 0.458 e. The first kappa shape index (κ1) is 12.9. The van der Waals surface area contributed by atoms with E-state index in [9.17, 15) is 9.18 Å². The van der Waals surface area contributed by atoms with Crippen molar-refractivity contribution in [1.82, 2.24) is 0 Å². The number of esters is 1. The van der Waals surface area contributed by atoms with Crippen LogP contribution in [-0.4, -0.2) is 12.1 Å². The molecule has 1 aromatic carbocycles. The first-order valence-corrected chi connectivity index (χ1v) is 6.33. The van der Waals surface area contributed by atoms with Crippen LogP contribution >= 0.6 is 0 Å². The summed E-state index contributed by atoms with van der Waals surface area (Å²) in [5.41, 5.74) is 5.93. The van der Waals surface area contributed by atoms with Crippen LogP contribution in [0.2, 0.25) is 0 Å². The molecule has 1 aliphatic carbocycles. The molecule has 1 aromatic rings. The van der Waals surface area contributed by atoms with Crippen molar-refractivity contribution < 1.29 is 13.9 Å². The molecule has 18 heavy (non-hydrogen) atoms. The highest BCUT2D eigenvalue weighted by Crippen LogP contribution is 2.27. The van der Waals surface area contributed by atoms with E-state index in [1.165, 1.54) is 18.6 Å². The molecule has 0 aromatic heterocycles. The smallest absolute Gasteiger partial charge is 0.338 e. The Balaban J connectivity index is 2.06. The molecular weight excluding hydrogens is 233 g/mol. The molecule has 0 radical (unpaired) electrons. The average Bonchev–Trinajstić information content (AvgIpc) is 2.31. The molecule has 0 amide bonds. The van der Waals surface area contributed by atoms with Crippen LogP contribution < -0.4 is 5.73 Å². The van der Waals surface area contributed by atoms with Crippen molar-refractivity contribution in [2.24, 2.45) is 5.92 Å². The second-order valence-electron chi connectivity index (χ2n) is 4.98. The molecule has 3 nitrogen and oxygen atoms in total. The maximum atomic E-state index is 13.2. The number of nitrogen functional groups attached to an aromatic ring is 1. The first-order chi connectivity index (χ1) is 8.56. The van der Waals surface area contributed by atoms with Gasteiger partial charge in [0, 0.05) is 5.69 Å². The number of hydrogen-bond acceptors (Lipinski definition) is 3. The van der Waals surface area contributed by atoms with Crippen LogP contribution in [0.3, 0.4) is 0 Å². The molecular formula is C14H18FNO2. The van der Waals surface area contributed by atoms with E-state index in [0.717, 1.165) is 25.3 Å². The van der Waals surface area contributed by atoms with Gasteiger partial charge in [0.25, 0.3) is 0 Å². The molecule has 0 saturated heterocycles. The minimum absolute atomic E-state index is 0.0595. The van der Waals surface area contributed by atoms with Crippen molar-refractivity contribution >= 4 is 11.7 Å². The van der Waals surface area contributed by atoms with E-state index in [-0.39, 0.29) is 17.4 Å². The highest BCUT2D eigenvalue weighted by Gasteiger charge is 2.25. The highest BCUT2D eigenvalue weighted by atomic mass is 19.1. The number of halogens is 1. The standard InChI is InChI=1S/C14H18FNO2/c1-9-4-2-3-5-13(9)18-14(17)10-6-11(15)8-12(16)7-10/h6-9,13H,2-5,16H2,1H3. The number of rotatable bonds is 2. The van der Waals surface area contributed by atoms with Gasteiger partial charge in [-0.15, -0.1) is 0 Å². The van der Waals surface area contributed by atoms with E-state index in [1.807, 2.05) is 0 Å². The fourth-order valence-electron chi connectivity index (χ4n) is 2.39. The number of ether oxygens (including phenoxy) is 1. The number of hydrogen-bond donors (Lipinski definition) is 1. The summed E-state index contributed by atoms with van der Waals surface area (Å²) in [6.45, 7) is 2.08. The molecule has 1 fully saturated rings. The van der Waals surface area contributed by atoms with Crippen LogP contribution in [0, 0.1) is 11.7 Å². The molecule has 4 heteroatoms. The third-order valence-electron chi connectivity index (χ3n) is 3.45. The Morgan fingerprint density at radius 3 is 2.72 bits per heavy atom. The van der Waals surface area contributed by atoms with Crippen LogP contribution in [0.1, 0.15) is 43.0 Å². The van der Waals surface area contributed by atoms with Crippen molar-refractivity contribution in [1.29, 1.82) is 0 Å². The van der Waals surface area contributed by atoms with E-state index >= 15 is 0 Å². The van der Waals surface area contributed by atoms with Crippen molar-refractivity contribution in [2.75, 3.05) is 5.73 Å². The molecule has 2 N–H and O–H groups in total. The Morgan fingerprint density at radius 2 is 2.06 bits per heavy atom. The lowest BCUT2D eigenvalue weighted by atomic mass is 9.88. The van der Waals surface area contributed by atoms with Crippen molar-refractivity contribution in [3.63, 3.8) is 0 Å². The Hall–Kier alpha value is -1.58. The van der Waals surface area contributed by atoms with Crippen LogP contribution in [0.15, 0.2) is 18.2 Å². The minimum Gasteiger partial charge on any atom is -0.458 e. The van der Waals surface area contributed by atoms with E-state index < -0.39 is 11.8 Å². The maximum absolute atomic E-state index is 13.2. The predicted molar refractivity (Wildman–Crippen MR) is 67.6 cm³/mol. The summed E-state index contributed by atoms with van der Waals surface area (Å²) < 4.78 is 18.6. The lowest BCUT2D eigenvalue weighted by Gasteiger charge is -2.28. The number of anilines is 1. The van der Waals surface area contributed by atoms with E-state index in [4.69, 9.17) is 10.5 Å². The van der Waals surface area contributed by atoms with E-state index in [0.29, 0.717) is 5.92 Å². The van der Waals surface area contributed by atoms with Gasteiger partial charge in [-0.25, -0.2) is 9.18 Å². The van der Waals surface area contributed by atoms with Crippen LogP contribution in [0.5, 0.6) is 0 Å². The molecule has 1 aliphatic rings.